The van der Waals surface area contributed by atoms with Crippen molar-refractivity contribution in [3.63, 3.8) is 0 Å². The van der Waals surface area contributed by atoms with Gasteiger partial charge in [-0.2, -0.15) is 9.61 Å². The molecule has 0 aliphatic rings. The monoisotopic (exact) mass is 280 g/mol. The number of nitrogens with two attached hydrogens (primary N) is 1. The molecule has 4 heteroatoms. The van der Waals surface area contributed by atoms with Crippen LogP contribution < -0.4 is 5.73 Å². The average Bonchev–Trinajstić information content (AvgIpc) is 2.92. The Bertz CT molecular complexity index is 731. The fraction of sp³-hybridized carbons (Fsp3) is 0.294. The Morgan fingerprint density at radius 2 is 1.95 bits per heavy atom. The average molecular weight is 280 g/mol. The van der Waals surface area contributed by atoms with Gasteiger partial charge in [-0.15, -0.1) is 0 Å². The van der Waals surface area contributed by atoms with Crippen LogP contribution in [0.1, 0.15) is 31.7 Å². The van der Waals surface area contributed by atoms with Gasteiger partial charge in [0.1, 0.15) is 5.82 Å². The molecule has 0 aliphatic heterocycles. The number of hydrogen-bond donors (Lipinski definition) is 1. The standard InChI is InChI=1S/C17H20N4/c1-2-3-5-10-14-12-19-21-16(18)11-15(20-17(14)21)13-8-6-4-7-9-13/h4,6-9,11-12H,2-3,5,10,18H2,1H3. The Balaban J connectivity index is 2.02. The minimum Gasteiger partial charge on any atom is -0.384 e. The van der Waals surface area contributed by atoms with Crippen LogP contribution in [0.25, 0.3) is 16.9 Å². The van der Waals surface area contributed by atoms with Crippen molar-refractivity contribution in [1.29, 1.82) is 0 Å². The van der Waals surface area contributed by atoms with E-state index < -0.39 is 0 Å². The summed E-state index contributed by atoms with van der Waals surface area (Å²) in [6.45, 7) is 2.21. The van der Waals surface area contributed by atoms with Gasteiger partial charge in [-0.1, -0.05) is 50.1 Å². The van der Waals surface area contributed by atoms with Gasteiger partial charge in [-0.05, 0) is 12.8 Å². The molecule has 2 N–H and O–H groups in total. The first-order chi connectivity index (χ1) is 10.3. The second-order valence-corrected chi connectivity index (χ2v) is 5.29. The zero-order valence-corrected chi connectivity index (χ0v) is 12.3. The first kappa shape index (κ1) is 13.6. The minimum absolute atomic E-state index is 0.626. The molecule has 4 nitrogen and oxygen atoms in total. The summed E-state index contributed by atoms with van der Waals surface area (Å²) in [5.41, 5.74) is 10.2. The van der Waals surface area contributed by atoms with Crippen LogP contribution in [0, 0.1) is 0 Å². The maximum absolute atomic E-state index is 6.12. The summed E-state index contributed by atoms with van der Waals surface area (Å²) in [7, 11) is 0. The first-order valence-electron chi connectivity index (χ1n) is 7.48. The van der Waals surface area contributed by atoms with Crippen LogP contribution in [-0.4, -0.2) is 14.6 Å². The topological polar surface area (TPSA) is 56.2 Å². The number of fused-ring (bicyclic) bond motifs is 1. The molecular weight excluding hydrogens is 260 g/mol. The normalized spacial score (nSPS) is 11.1. The van der Waals surface area contributed by atoms with E-state index in [1.54, 1.807) is 4.52 Å². The number of nitrogen functional groups attached to an aromatic ring is 1. The highest BCUT2D eigenvalue weighted by molar-refractivity contribution is 5.66. The fourth-order valence-corrected chi connectivity index (χ4v) is 2.53. The van der Waals surface area contributed by atoms with Crippen molar-refractivity contribution in [3.8, 4) is 11.3 Å². The molecule has 0 fully saturated rings. The van der Waals surface area contributed by atoms with Crippen molar-refractivity contribution in [2.24, 2.45) is 0 Å². The van der Waals surface area contributed by atoms with Crippen LogP contribution in [0.4, 0.5) is 5.82 Å². The van der Waals surface area contributed by atoms with Gasteiger partial charge >= 0.3 is 0 Å². The molecule has 108 valence electrons. The quantitative estimate of drug-likeness (QED) is 0.725. The molecule has 0 aliphatic carbocycles. The summed E-state index contributed by atoms with van der Waals surface area (Å²) in [5, 5.41) is 4.36. The van der Waals surface area contributed by atoms with Crippen molar-refractivity contribution in [2.45, 2.75) is 32.6 Å². The summed E-state index contributed by atoms with van der Waals surface area (Å²) < 4.78 is 1.73. The van der Waals surface area contributed by atoms with Gasteiger partial charge in [0.15, 0.2) is 5.65 Å². The van der Waals surface area contributed by atoms with Crippen molar-refractivity contribution in [1.82, 2.24) is 14.6 Å². The van der Waals surface area contributed by atoms with E-state index in [0.717, 1.165) is 29.7 Å². The van der Waals surface area contributed by atoms with E-state index in [4.69, 9.17) is 10.7 Å². The summed E-state index contributed by atoms with van der Waals surface area (Å²) in [6, 6.07) is 12.0. The second kappa shape index (κ2) is 5.95. The van der Waals surface area contributed by atoms with Gasteiger partial charge in [0.25, 0.3) is 0 Å². The van der Waals surface area contributed by atoms with Gasteiger partial charge in [-0.25, -0.2) is 4.98 Å². The predicted octanol–water partition coefficient (Wildman–Crippen LogP) is 3.71. The molecule has 0 atom stereocenters. The third-order valence-electron chi connectivity index (χ3n) is 3.69. The highest BCUT2D eigenvalue weighted by Crippen LogP contribution is 2.22. The van der Waals surface area contributed by atoms with E-state index in [9.17, 15) is 0 Å². The van der Waals surface area contributed by atoms with Crippen LogP contribution in [0.5, 0.6) is 0 Å². The number of aryl methyl sites for hydroxylation is 1. The SMILES string of the molecule is CCCCCc1cnn2c(N)cc(-c3ccccc3)nc12. The fourth-order valence-electron chi connectivity index (χ4n) is 2.53. The largest absolute Gasteiger partial charge is 0.384 e. The molecule has 0 spiro atoms. The van der Waals surface area contributed by atoms with Crippen LogP contribution in [0.2, 0.25) is 0 Å². The Kier molecular flexibility index (Phi) is 3.86. The van der Waals surface area contributed by atoms with Crippen LogP contribution in [0.3, 0.4) is 0 Å². The molecule has 0 saturated carbocycles. The Hall–Kier alpha value is -2.36. The molecule has 2 aromatic heterocycles. The molecule has 1 aromatic carbocycles. The Morgan fingerprint density at radius 3 is 2.71 bits per heavy atom. The molecule has 0 bridgehead atoms. The van der Waals surface area contributed by atoms with E-state index in [1.807, 2.05) is 42.6 Å². The molecule has 0 saturated heterocycles. The minimum atomic E-state index is 0.626. The highest BCUT2D eigenvalue weighted by Gasteiger charge is 2.10. The number of aromatic nitrogens is 3. The van der Waals surface area contributed by atoms with E-state index in [0.29, 0.717) is 5.82 Å². The lowest BCUT2D eigenvalue weighted by Crippen LogP contribution is -2.02. The third-order valence-corrected chi connectivity index (χ3v) is 3.69. The van der Waals surface area contributed by atoms with Gasteiger partial charge in [0, 0.05) is 17.2 Å². The summed E-state index contributed by atoms with van der Waals surface area (Å²) >= 11 is 0. The predicted molar refractivity (Wildman–Crippen MR) is 86.1 cm³/mol. The van der Waals surface area contributed by atoms with Gasteiger partial charge in [-0.3, -0.25) is 0 Å². The van der Waals surface area contributed by atoms with Crippen LogP contribution >= 0.6 is 0 Å². The third kappa shape index (κ3) is 2.75. The van der Waals surface area contributed by atoms with E-state index in [1.165, 1.54) is 18.4 Å². The van der Waals surface area contributed by atoms with E-state index >= 15 is 0 Å². The molecular formula is C17H20N4. The lowest BCUT2D eigenvalue weighted by molar-refractivity contribution is 0.719. The maximum atomic E-state index is 6.12. The molecule has 0 unspecified atom stereocenters. The van der Waals surface area contributed by atoms with Gasteiger partial charge < -0.3 is 5.73 Å². The molecule has 2 heterocycles. The number of rotatable bonds is 5. The van der Waals surface area contributed by atoms with Crippen LogP contribution in [0.15, 0.2) is 42.6 Å². The lowest BCUT2D eigenvalue weighted by Gasteiger charge is -2.06. The Morgan fingerprint density at radius 1 is 1.14 bits per heavy atom. The van der Waals surface area contributed by atoms with E-state index in [2.05, 4.69) is 12.0 Å². The first-order valence-corrected chi connectivity index (χ1v) is 7.48. The molecule has 0 amide bonds. The molecule has 0 radical (unpaired) electrons. The number of benzene rings is 1. The number of nitrogens with zero attached hydrogens (tertiary/aromatic N) is 3. The number of unbranched alkanes of at least 4 members (excludes halogenated alkanes) is 2. The van der Waals surface area contributed by atoms with E-state index in [-0.39, 0.29) is 0 Å². The Labute approximate surface area is 124 Å². The maximum Gasteiger partial charge on any atom is 0.161 e. The molecule has 21 heavy (non-hydrogen) atoms. The van der Waals surface area contributed by atoms with Crippen molar-refractivity contribution in [2.75, 3.05) is 5.73 Å². The summed E-state index contributed by atoms with van der Waals surface area (Å²) in [6.07, 6.45) is 6.50. The van der Waals surface area contributed by atoms with Crippen molar-refractivity contribution < 1.29 is 0 Å². The second-order valence-electron chi connectivity index (χ2n) is 5.29. The van der Waals surface area contributed by atoms with Crippen LogP contribution in [-0.2, 0) is 6.42 Å². The number of hydrogen-bond acceptors (Lipinski definition) is 3. The zero-order chi connectivity index (χ0) is 14.7. The highest BCUT2D eigenvalue weighted by atomic mass is 15.3. The summed E-state index contributed by atoms with van der Waals surface area (Å²) in [5.74, 6) is 0.626. The molecule has 3 rings (SSSR count). The smallest absolute Gasteiger partial charge is 0.161 e. The summed E-state index contributed by atoms with van der Waals surface area (Å²) in [4.78, 5) is 4.77. The zero-order valence-electron chi connectivity index (χ0n) is 12.3. The van der Waals surface area contributed by atoms with Crippen molar-refractivity contribution in [3.05, 3.63) is 48.2 Å². The van der Waals surface area contributed by atoms with Crippen molar-refractivity contribution >= 4 is 11.5 Å². The number of anilines is 1. The van der Waals surface area contributed by atoms with Gasteiger partial charge in [0.2, 0.25) is 0 Å². The van der Waals surface area contributed by atoms with Gasteiger partial charge in [0.05, 0.1) is 11.9 Å². The molecule has 3 aromatic rings. The lowest BCUT2D eigenvalue weighted by atomic mass is 10.1.